The summed E-state index contributed by atoms with van der Waals surface area (Å²) in [4.78, 5) is 4.53. The lowest BCUT2D eigenvalue weighted by molar-refractivity contribution is 0.415. The van der Waals surface area contributed by atoms with Gasteiger partial charge in [-0.2, -0.15) is 5.10 Å². The summed E-state index contributed by atoms with van der Waals surface area (Å²) in [5, 5.41) is 8.51. The van der Waals surface area contributed by atoms with Crippen molar-refractivity contribution in [1.82, 2.24) is 14.8 Å². The third kappa shape index (κ3) is 2.53. The first kappa shape index (κ1) is 12.0. The van der Waals surface area contributed by atoms with Crippen LogP contribution >= 0.6 is 11.3 Å². The number of fused-ring (bicyclic) bond motifs is 1. The second-order valence-electron chi connectivity index (χ2n) is 4.19. The molecule has 0 atom stereocenters. The summed E-state index contributed by atoms with van der Waals surface area (Å²) < 4.78 is 8.11. The van der Waals surface area contributed by atoms with Crippen LogP contribution in [0.25, 0.3) is 10.2 Å². The fraction of sp³-hybridized carbons (Fsp3) is 0.231. The third-order valence-corrected chi connectivity index (χ3v) is 3.76. The molecule has 1 aromatic carbocycles. The van der Waals surface area contributed by atoms with Crippen LogP contribution < -0.4 is 10.1 Å². The van der Waals surface area contributed by atoms with Crippen LogP contribution in [0, 0.1) is 0 Å². The van der Waals surface area contributed by atoms with Crippen molar-refractivity contribution >= 4 is 26.7 Å². The van der Waals surface area contributed by atoms with E-state index in [-0.39, 0.29) is 0 Å². The number of hydrogen-bond acceptors (Lipinski definition) is 5. The van der Waals surface area contributed by atoms with E-state index in [9.17, 15) is 0 Å². The molecule has 2 heterocycles. The Kier molecular flexibility index (Phi) is 3.08. The number of aryl methyl sites for hydroxylation is 1. The summed E-state index contributed by atoms with van der Waals surface area (Å²) in [6.07, 6.45) is 1.93. The van der Waals surface area contributed by atoms with E-state index < -0.39 is 0 Å². The number of methoxy groups -OCH3 is 1. The maximum absolute atomic E-state index is 5.21. The van der Waals surface area contributed by atoms with E-state index >= 15 is 0 Å². The van der Waals surface area contributed by atoms with Crippen LogP contribution in [-0.4, -0.2) is 21.9 Å². The minimum absolute atomic E-state index is 0.678. The van der Waals surface area contributed by atoms with Gasteiger partial charge in [0.05, 0.1) is 29.6 Å². The number of ether oxygens (including phenoxy) is 1. The number of benzene rings is 1. The molecule has 0 saturated heterocycles. The van der Waals surface area contributed by atoms with Gasteiger partial charge < -0.3 is 10.1 Å². The van der Waals surface area contributed by atoms with Crippen molar-refractivity contribution < 1.29 is 4.74 Å². The molecule has 0 saturated carbocycles. The highest BCUT2D eigenvalue weighted by Crippen LogP contribution is 2.29. The molecule has 19 heavy (non-hydrogen) atoms. The van der Waals surface area contributed by atoms with Gasteiger partial charge in [-0.3, -0.25) is 4.68 Å². The van der Waals surface area contributed by atoms with Gasteiger partial charge in [0.25, 0.3) is 0 Å². The van der Waals surface area contributed by atoms with Gasteiger partial charge in [-0.1, -0.05) is 11.3 Å². The van der Waals surface area contributed by atoms with E-state index in [0.29, 0.717) is 6.54 Å². The highest BCUT2D eigenvalue weighted by atomic mass is 32.1. The molecule has 3 aromatic rings. The first-order valence-electron chi connectivity index (χ1n) is 5.91. The molecule has 0 spiro atoms. The van der Waals surface area contributed by atoms with Gasteiger partial charge in [-0.15, -0.1) is 0 Å². The Hall–Kier alpha value is -2.08. The van der Waals surface area contributed by atoms with Crippen LogP contribution in [0.3, 0.4) is 0 Å². The fourth-order valence-electron chi connectivity index (χ4n) is 1.83. The highest BCUT2D eigenvalue weighted by Gasteiger charge is 2.05. The first-order chi connectivity index (χ1) is 9.24. The zero-order valence-electron chi connectivity index (χ0n) is 10.8. The molecule has 3 rings (SSSR count). The maximum Gasteiger partial charge on any atom is 0.184 e. The average molecular weight is 274 g/mol. The van der Waals surface area contributed by atoms with Crippen molar-refractivity contribution in [2.24, 2.45) is 7.05 Å². The zero-order valence-corrected chi connectivity index (χ0v) is 11.6. The van der Waals surface area contributed by atoms with E-state index in [1.807, 2.05) is 37.5 Å². The molecule has 5 nitrogen and oxygen atoms in total. The third-order valence-electron chi connectivity index (χ3n) is 2.79. The van der Waals surface area contributed by atoms with Gasteiger partial charge in [0, 0.05) is 13.2 Å². The minimum Gasteiger partial charge on any atom is -0.497 e. The number of aromatic nitrogens is 3. The monoisotopic (exact) mass is 274 g/mol. The van der Waals surface area contributed by atoms with Crippen molar-refractivity contribution in [3.63, 3.8) is 0 Å². The summed E-state index contributed by atoms with van der Waals surface area (Å²) in [6, 6.07) is 7.88. The van der Waals surface area contributed by atoms with Crippen molar-refractivity contribution in [2.75, 3.05) is 12.4 Å². The second kappa shape index (κ2) is 4.89. The smallest absolute Gasteiger partial charge is 0.184 e. The van der Waals surface area contributed by atoms with E-state index in [2.05, 4.69) is 15.4 Å². The summed E-state index contributed by atoms with van der Waals surface area (Å²) in [5.41, 5.74) is 1.98. The molecule has 2 aromatic heterocycles. The molecule has 1 N–H and O–H groups in total. The molecule has 0 aliphatic rings. The molecule has 98 valence electrons. The number of hydrogen-bond donors (Lipinski definition) is 1. The van der Waals surface area contributed by atoms with E-state index in [1.165, 1.54) is 0 Å². The van der Waals surface area contributed by atoms with E-state index in [4.69, 9.17) is 4.74 Å². The molecule has 0 amide bonds. The predicted octanol–water partition coefficient (Wildman–Crippen LogP) is 2.65. The van der Waals surface area contributed by atoms with E-state index in [1.54, 1.807) is 23.1 Å². The predicted molar refractivity (Wildman–Crippen MR) is 76.7 cm³/mol. The van der Waals surface area contributed by atoms with Crippen molar-refractivity contribution in [3.05, 3.63) is 36.2 Å². The Balaban J connectivity index is 1.77. The molecule has 6 heteroatoms. The average Bonchev–Trinajstić information content (AvgIpc) is 3.01. The van der Waals surface area contributed by atoms with Gasteiger partial charge in [0.15, 0.2) is 5.13 Å². The van der Waals surface area contributed by atoms with E-state index in [0.717, 1.165) is 26.8 Å². The summed E-state index contributed by atoms with van der Waals surface area (Å²) in [7, 11) is 3.58. The Morgan fingerprint density at radius 2 is 2.26 bits per heavy atom. The lowest BCUT2D eigenvalue weighted by Crippen LogP contribution is -2.00. The van der Waals surface area contributed by atoms with Gasteiger partial charge in [0.2, 0.25) is 0 Å². The number of anilines is 1. The van der Waals surface area contributed by atoms with Crippen molar-refractivity contribution in [2.45, 2.75) is 6.54 Å². The fourth-order valence-corrected chi connectivity index (χ4v) is 2.72. The van der Waals surface area contributed by atoms with Gasteiger partial charge in [0.1, 0.15) is 5.75 Å². The molecular formula is C13H14N4OS. The van der Waals surface area contributed by atoms with Crippen molar-refractivity contribution in [3.8, 4) is 5.75 Å². The molecule has 0 aliphatic carbocycles. The molecule has 0 aliphatic heterocycles. The number of nitrogens with one attached hydrogen (secondary N) is 1. The summed E-state index contributed by atoms with van der Waals surface area (Å²) in [6.45, 7) is 0.678. The quantitative estimate of drug-likeness (QED) is 0.794. The molecule has 0 radical (unpaired) electrons. The van der Waals surface area contributed by atoms with Crippen LogP contribution in [0.2, 0.25) is 0 Å². The normalized spacial score (nSPS) is 10.8. The Morgan fingerprint density at radius 1 is 1.37 bits per heavy atom. The minimum atomic E-state index is 0.678. The standard InChI is InChI=1S/C13H14N4OS/c1-17-6-5-9(16-17)8-14-13-15-11-4-3-10(18-2)7-12(11)19-13/h3-7H,8H2,1-2H3,(H,14,15). The van der Waals surface area contributed by atoms with Crippen LogP contribution in [-0.2, 0) is 13.6 Å². The number of nitrogens with zero attached hydrogens (tertiary/aromatic N) is 3. The largest absolute Gasteiger partial charge is 0.497 e. The molecule has 0 fully saturated rings. The van der Waals surface area contributed by atoms with Crippen molar-refractivity contribution in [1.29, 1.82) is 0 Å². The van der Waals surface area contributed by atoms with Crippen LogP contribution in [0.15, 0.2) is 30.5 Å². The Labute approximate surface area is 114 Å². The summed E-state index contributed by atoms with van der Waals surface area (Å²) in [5.74, 6) is 0.854. The molecule has 0 unspecified atom stereocenters. The van der Waals surface area contributed by atoms with Gasteiger partial charge in [-0.25, -0.2) is 4.98 Å². The Bertz CT molecular complexity index is 704. The number of rotatable bonds is 4. The lowest BCUT2D eigenvalue weighted by Gasteiger charge is -1.97. The second-order valence-corrected chi connectivity index (χ2v) is 5.22. The summed E-state index contributed by atoms with van der Waals surface area (Å²) >= 11 is 1.62. The molecule has 0 bridgehead atoms. The van der Waals surface area contributed by atoms with Crippen LogP contribution in [0.4, 0.5) is 5.13 Å². The Morgan fingerprint density at radius 3 is 3.00 bits per heavy atom. The van der Waals surface area contributed by atoms with Gasteiger partial charge in [-0.05, 0) is 24.3 Å². The molecular weight excluding hydrogens is 260 g/mol. The zero-order chi connectivity index (χ0) is 13.2. The highest BCUT2D eigenvalue weighted by molar-refractivity contribution is 7.22. The van der Waals surface area contributed by atoms with Crippen LogP contribution in [0.1, 0.15) is 5.69 Å². The first-order valence-corrected chi connectivity index (χ1v) is 6.73. The van der Waals surface area contributed by atoms with Crippen LogP contribution in [0.5, 0.6) is 5.75 Å². The van der Waals surface area contributed by atoms with Gasteiger partial charge >= 0.3 is 0 Å². The lowest BCUT2D eigenvalue weighted by atomic mass is 10.3. The SMILES string of the molecule is COc1ccc2nc(NCc3ccn(C)n3)sc2c1. The topological polar surface area (TPSA) is 52.0 Å². The number of thiazole rings is 1. The maximum atomic E-state index is 5.21.